The minimum absolute atomic E-state index is 0.00539. The molecule has 0 aliphatic carbocycles. The topological polar surface area (TPSA) is 112 Å². The molecule has 1 aromatic carbocycles. The molecule has 36 heavy (non-hydrogen) atoms. The number of ether oxygens (including phenoxy) is 2. The highest BCUT2D eigenvalue weighted by Crippen LogP contribution is 2.49. The van der Waals surface area contributed by atoms with Gasteiger partial charge in [-0.05, 0) is 46.7 Å². The van der Waals surface area contributed by atoms with E-state index in [1.165, 1.54) is 17.1 Å². The highest BCUT2D eigenvalue weighted by atomic mass is 127. The Morgan fingerprint density at radius 3 is 2.61 bits per heavy atom. The number of hydrogen-bond donors (Lipinski definition) is 1. The first-order chi connectivity index (χ1) is 17.3. The first kappa shape index (κ1) is 27.9. The molecule has 1 amide bonds. The molecule has 1 fully saturated rings. The fraction of sp³-hybridized carbons (Fsp3) is 0.423. The number of carbonyl (C=O) groups excluding carboxylic acids is 3. The van der Waals surface area contributed by atoms with Gasteiger partial charge in [0.25, 0.3) is 0 Å². The van der Waals surface area contributed by atoms with Gasteiger partial charge in [-0.25, -0.2) is 9.59 Å². The maximum absolute atomic E-state index is 13.2. The Hall–Kier alpha value is -2.70. The SMILES string of the molecule is C=CCOOC(=O)C(C)C1C(=O)N2C(C(=O)OCC=C)=C(COc3ccc(CCO)cc3I)[C@H](C)C12. The summed E-state index contributed by atoms with van der Waals surface area (Å²) in [7, 11) is 0. The van der Waals surface area contributed by atoms with Gasteiger partial charge in [-0.2, -0.15) is 4.89 Å². The minimum Gasteiger partial charge on any atom is -0.488 e. The maximum atomic E-state index is 13.2. The van der Waals surface area contributed by atoms with Crippen LogP contribution in [-0.2, 0) is 35.3 Å². The monoisotopic (exact) mass is 611 g/mol. The summed E-state index contributed by atoms with van der Waals surface area (Å²) >= 11 is 2.15. The van der Waals surface area contributed by atoms with Crippen LogP contribution >= 0.6 is 22.6 Å². The number of aliphatic hydroxyl groups excluding tert-OH is 1. The number of aliphatic hydroxyl groups is 1. The van der Waals surface area contributed by atoms with Crippen molar-refractivity contribution in [3.63, 3.8) is 0 Å². The number of benzene rings is 1. The lowest BCUT2D eigenvalue weighted by atomic mass is 9.74. The molecular formula is C26H30INO8. The summed E-state index contributed by atoms with van der Waals surface area (Å²) in [4.78, 5) is 49.5. The molecule has 10 heteroatoms. The smallest absolute Gasteiger partial charge is 0.355 e. The highest BCUT2D eigenvalue weighted by Gasteiger charge is 2.61. The van der Waals surface area contributed by atoms with Crippen LogP contribution in [0.5, 0.6) is 5.75 Å². The molecule has 2 aliphatic heterocycles. The van der Waals surface area contributed by atoms with Crippen molar-refractivity contribution in [2.45, 2.75) is 26.3 Å². The molecule has 3 rings (SSSR count). The predicted molar refractivity (Wildman–Crippen MR) is 138 cm³/mol. The van der Waals surface area contributed by atoms with Crippen molar-refractivity contribution in [3.8, 4) is 5.75 Å². The Balaban J connectivity index is 1.83. The van der Waals surface area contributed by atoms with Crippen molar-refractivity contribution in [1.82, 2.24) is 4.90 Å². The van der Waals surface area contributed by atoms with E-state index >= 15 is 0 Å². The molecule has 0 aromatic heterocycles. The van der Waals surface area contributed by atoms with Gasteiger partial charge in [0.15, 0.2) is 0 Å². The number of β-lactam (4-membered cyclic amide) rings is 1. The second-order valence-corrected chi connectivity index (χ2v) is 9.73. The predicted octanol–water partition coefficient (Wildman–Crippen LogP) is 2.96. The zero-order chi connectivity index (χ0) is 26.4. The molecule has 1 saturated heterocycles. The molecule has 9 nitrogen and oxygen atoms in total. The van der Waals surface area contributed by atoms with Crippen LogP contribution in [0.1, 0.15) is 19.4 Å². The van der Waals surface area contributed by atoms with Gasteiger partial charge >= 0.3 is 11.9 Å². The summed E-state index contributed by atoms with van der Waals surface area (Å²) in [5, 5.41) is 9.16. The van der Waals surface area contributed by atoms with Gasteiger partial charge in [0.2, 0.25) is 5.91 Å². The Bertz CT molecular complexity index is 1070. The third-order valence-electron chi connectivity index (χ3n) is 6.34. The number of rotatable bonds is 13. The summed E-state index contributed by atoms with van der Waals surface area (Å²) in [6.07, 6.45) is 3.42. The van der Waals surface area contributed by atoms with Crippen LogP contribution in [0.2, 0.25) is 0 Å². The van der Waals surface area contributed by atoms with Gasteiger partial charge in [-0.15, -0.1) is 6.58 Å². The van der Waals surface area contributed by atoms with Crippen molar-refractivity contribution < 1.29 is 38.7 Å². The third-order valence-corrected chi connectivity index (χ3v) is 7.18. The van der Waals surface area contributed by atoms with E-state index < -0.39 is 29.8 Å². The minimum atomic E-state index is -0.781. The molecule has 1 aromatic rings. The van der Waals surface area contributed by atoms with E-state index in [9.17, 15) is 14.4 Å². The van der Waals surface area contributed by atoms with Gasteiger partial charge in [0.1, 0.15) is 31.3 Å². The number of esters is 1. The lowest BCUT2D eigenvalue weighted by molar-refractivity contribution is -0.271. The number of hydrogen-bond acceptors (Lipinski definition) is 8. The largest absolute Gasteiger partial charge is 0.488 e. The Morgan fingerprint density at radius 1 is 1.25 bits per heavy atom. The van der Waals surface area contributed by atoms with E-state index in [0.29, 0.717) is 17.7 Å². The van der Waals surface area contributed by atoms with Gasteiger partial charge in [-0.1, -0.05) is 38.6 Å². The molecule has 194 valence electrons. The van der Waals surface area contributed by atoms with Crippen LogP contribution in [-0.4, -0.2) is 60.3 Å². The van der Waals surface area contributed by atoms with E-state index in [4.69, 9.17) is 24.4 Å². The second kappa shape index (κ2) is 12.5. The zero-order valence-electron chi connectivity index (χ0n) is 20.3. The standard InChI is InChI=1S/C26H30INO8/c1-5-11-33-26(32)23-18(14-34-20-8-7-17(9-10-29)13-19(20)27)15(3)22-21(24(30)28(22)23)16(4)25(31)36-35-12-6-2/h5-8,13,15-16,21-22,29H,1-2,9-12,14H2,3-4H3/t15-,16?,21?,22?/m0/s1. The Kier molecular flexibility index (Phi) is 9.69. The van der Waals surface area contributed by atoms with Crippen molar-refractivity contribution >= 4 is 40.4 Å². The first-order valence-electron chi connectivity index (χ1n) is 11.6. The summed E-state index contributed by atoms with van der Waals surface area (Å²) in [5.74, 6) is -2.79. The summed E-state index contributed by atoms with van der Waals surface area (Å²) in [5.41, 5.74) is 1.74. The van der Waals surface area contributed by atoms with Crippen LogP contribution in [0.15, 0.2) is 54.8 Å². The number of amides is 1. The number of carbonyl (C=O) groups is 3. The van der Waals surface area contributed by atoms with Crippen molar-refractivity contribution in [2.24, 2.45) is 17.8 Å². The van der Waals surface area contributed by atoms with Crippen LogP contribution in [0, 0.1) is 21.3 Å². The molecule has 0 spiro atoms. The third kappa shape index (κ3) is 5.65. The van der Waals surface area contributed by atoms with Crippen molar-refractivity contribution in [2.75, 3.05) is 26.4 Å². The van der Waals surface area contributed by atoms with Gasteiger partial charge < -0.3 is 19.5 Å². The van der Waals surface area contributed by atoms with Crippen molar-refractivity contribution in [3.05, 3.63) is 63.9 Å². The zero-order valence-corrected chi connectivity index (χ0v) is 22.4. The van der Waals surface area contributed by atoms with Crippen LogP contribution < -0.4 is 4.74 Å². The second-order valence-electron chi connectivity index (χ2n) is 8.57. The summed E-state index contributed by atoms with van der Waals surface area (Å²) in [6.45, 7) is 10.7. The molecule has 3 unspecified atom stereocenters. The molecule has 0 bridgehead atoms. The quantitative estimate of drug-likeness (QED) is 0.0690. The number of nitrogens with zero attached hydrogens (tertiary/aromatic N) is 1. The normalized spacial score (nSPS) is 21.4. The van der Waals surface area contributed by atoms with E-state index in [1.807, 2.05) is 25.1 Å². The molecule has 4 atom stereocenters. The molecule has 1 N–H and O–H groups in total. The lowest BCUT2D eigenvalue weighted by Gasteiger charge is -2.47. The van der Waals surface area contributed by atoms with Gasteiger partial charge in [-0.3, -0.25) is 9.68 Å². The Labute approximate surface area is 223 Å². The highest BCUT2D eigenvalue weighted by molar-refractivity contribution is 14.1. The molecule has 2 aliphatic rings. The average Bonchev–Trinajstić information content (AvgIpc) is 3.10. The molecule has 2 heterocycles. The fourth-order valence-electron chi connectivity index (χ4n) is 4.51. The lowest BCUT2D eigenvalue weighted by Crippen LogP contribution is -2.63. The maximum Gasteiger partial charge on any atom is 0.355 e. The van der Waals surface area contributed by atoms with Gasteiger partial charge in [0, 0.05) is 18.1 Å². The first-order valence-corrected chi connectivity index (χ1v) is 12.6. The molecular weight excluding hydrogens is 581 g/mol. The number of fused-ring (bicyclic) bond motifs is 1. The van der Waals surface area contributed by atoms with E-state index in [-0.39, 0.29) is 43.9 Å². The van der Waals surface area contributed by atoms with E-state index in [0.717, 1.165) is 9.13 Å². The van der Waals surface area contributed by atoms with E-state index in [2.05, 4.69) is 35.7 Å². The fourth-order valence-corrected chi connectivity index (χ4v) is 5.24. The van der Waals surface area contributed by atoms with Crippen LogP contribution in [0.3, 0.4) is 0 Å². The summed E-state index contributed by atoms with van der Waals surface area (Å²) in [6, 6.07) is 5.18. The number of halogens is 1. The summed E-state index contributed by atoms with van der Waals surface area (Å²) < 4.78 is 12.2. The van der Waals surface area contributed by atoms with Crippen LogP contribution in [0.4, 0.5) is 0 Å². The van der Waals surface area contributed by atoms with E-state index in [1.54, 1.807) is 6.92 Å². The Morgan fingerprint density at radius 2 is 1.97 bits per heavy atom. The average molecular weight is 611 g/mol. The van der Waals surface area contributed by atoms with Crippen LogP contribution in [0.25, 0.3) is 0 Å². The molecule has 0 radical (unpaired) electrons. The van der Waals surface area contributed by atoms with Gasteiger partial charge in [0.05, 0.1) is 21.4 Å². The molecule has 0 saturated carbocycles. The van der Waals surface area contributed by atoms with Crippen molar-refractivity contribution in [1.29, 1.82) is 0 Å².